The summed E-state index contributed by atoms with van der Waals surface area (Å²) in [6, 6.07) is 6.94. The standard InChI is InChI=1S/C9H12O3S/c1-13(11)7-12-6-8-4-2-3-5-9(8)10/h2-5,10H,6-7H2,1H3. The zero-order valence-corrected chi connectivity index (χ0v) is 8.21. The van der Waals surface area contributed by atoms with Crippen LogP contribution in [0.3, 0.4) is 0 Å². The molecule has 0 bridgehead atoms. The SMILES string of the molecule is CS(=O)COCc1ccccc1O. The summed E-state index contributed by atoms with van der Waals surface area (Å²) in [4.78, 5) is 0. The molecule has 0 amide bonds. The Balaban J connectivity index is 2.45. The van der Waals surface area contributed by atoms with E-state index in [1.54, 1.807) is 24.5 Å². The summed E-state index contributed by atoms with van der Waals surface area (Å²) < 4.78 is 15.7. The maximum atomic E-state index is 10.6. The van der Waals surface area contributed by atoms with Crippen LogP contribution in [-0.4, -0.2) is 21.5 Å². The molecule has 0 aliphatic carbocycles. The summed E-state index contributed by atoms with van der Waals surface area (Å²) in [6.07, 6.45) is 1.57. The van der Waals surface area contributed by atoms with Crippen LogP contribution in [0.15, 0.2) is 24.3 Å². The largest absolute Gasteiger partial charge is 0.508 e. The maximum Gasteiger partial charge on any atom is 0.122 e. The van der Waals surface area contributed by atoms with Crippen molar-refractivity contribution >= 4 is 10.8 Å². The van der Waals surface area contributed by atoms with E-state index in [-0.39, 0.29) is 11.7 Å². The van der Waals surface area contributed by atoms with E-state index in [0.717, 1.165) is 0 Å². The number of ether oxygens (including phenoxy) is 1. The second-order valence-corrected chi connectivity index (χ2v) is 4.05. The van der Waals surface area contributed by atoms with E-state index in [4.69, 9.17) is 4.74 Å². The minimum absolute atomic E-state index is 0.203. The molecule has 1 unspecified atom stereocenters. The molecule has 0 radical (unpaired) electrons. The highest BCUT2D eigenvalue weighted by atomic mass is 32.2. The molecular weight excluding hydrogens is 188 g/mol. The Morgan fingerprint density at radius 3 is 2.77 bits per heavy atom. The highest BCUT2D eigenvalue weighted by molar-refractivity contribution is 7.84. The predicted molar refractivity (Wildman–Crippen MR) is 51.8 cm³/mol. The Morgan fingerprint density at radius 2 is 2.15 bits per heavy atom. The lowest BCUT2D eigenvalue weighted by Crippen LogP contribution is -2.00. The van der Waals surface area contributed by atoms with Gasteiger partial charge in [0.1, 0.15) is 11.7 Å². The summed E-state index contributed by atoms with van der Waals surface area (Å²) in [7, 11) is -0.950. The van der Waals surface area contributed by atoms with Crippen molar-refractivity contribution in [2.24, 2.45) is 0 Å². The smallest absolute Gasteiger partial charge is 0.122 e. The van der Waals surface area contributed by atoms with Crippen LogP contribution >= 0.6 is 0 Å². The molecule has 1 rings (SSSR count). The number of phenols is 1. The first kappa shape index (κ1) is 10.2. The molecule has 13 heavy (non-hydrogen) atoms. The first-order chi connectivity index (χ1) is 6.20. The minimum atomic E-state index is -0.950. The van der Waals surface area contributed by atoms with E-state index in [0.29, 0.717) is 12.2 Å². The Hall–Kier alpha value is -0.870. The molecule has 0 aromatic heterocycles. The van der Waals surface area contributed by atoms with Crippen molar-refractivity contribution < 1.29 is 14.1 Å². The van der Waals surface area contributed by atoms with Gasteiger partial charge in [-0.05, 0) is 6.07 Å². The van der Waals surface area contributed by atoms with E-state index in [1.165, 1.54) is 0 Å². The van der Waals surface area contributed by atoms with Crippen molar-refractivity contribution in [2.75, 3.05) is 12.2 Å². The lowest BCUT2D eigenvalue weighted by atomic mass is 10.2. The number of benzene rings is 1. The van der Waals surface area contributed by atoms with E-state index in [1.807, 2.05) is 6.07 Å². The van der Waals surface area contributed by atoms with Crippen LogP contribution < -0.4 is 0 Å². The third kappa shape index (κ3) is 3.57. The van der Waals surface area contributed by atoms with Crippen LogP contribution in [0.2, 0.25) is 0 Å². The van der Waals surface area contributed by atoms with Crippen LogP contribution in [0, 0.1) is 0 Å². The number of hydrogen-bond donors (Lipinski definition) is 1. The lowest BCUT2D eigenvalue weighted by molar-refractivity contribution is 0.164. The van der Waals surface area contributed by atoms with Crippen molar-refractivity contribution in [3.05, 3.63) is 29.8 Å². The van der Waals surface area contributed by atoms with E-state index in [9.17, 15) is 9.32 Å². The van der Waals surface area contributed by atoms with Crippen molar-refractivity contribution in [1.29, 1.82) is 0 Å². The second-order valence-electron chi connectivity index (χ2n) is 2.67. The summed E-state index contributed by atoms with van der Waals surface area (Å²) in [5.74, 6) is 0.415. The normalized spacial score (nSPS) is 12.7. The minimum Gasteiger partial charge on any atom is -0.508 e. The monoisotopic (exact) mass is 200 g/mol. The molecule has 0 saturated carbocycles. The van der Waals surface area contributed by atoms with Crippen LogP contribution in [0.5, 0.6) is 5.75 Å². The summed E-state index contributed by atoms with van der Waals surface area (Å²) >= 11 is 0. The second kappa shape index (κ2) is 4.99. The van der Waals surface area contributed by atoms with Crippen LogP contribution in [0.4, 0.5) is 0 Å². The average Bonchev–Trinajstić information content (AvgIpc) is 2.08. The zero-order chi connectivity index (χ0) is 9.68. The third-order valence-electron chi connectivity index (χ3n) is 1.50. The molecule has 1 atom stereocenters. The van der Waals surface area contributed by atoms with Gasteiger partial charge in [0.25, 0.3) is 0 Å². The van der Waals surface area contributed by atoms with Crippen LogP contribution in [-0.2, 0) is 22.1 Å². The summed E-state index contributed by atoms with van der Waals surface area (Å²) in [5, 5.41) is 9.32. The highest BCUT2D eigenvalue weighted by Crippen LogP contribution is 2.16. The van der Waals surface area contributed by atoms with Gasteiger partial charge in [-0.25, -0.2) is 0 Å². The van der Waals surface area contributed by atoms with Crippen molar-refractivity contribution in [1.82, 2.24) is 0 Å². The first-order valence-corrected chi connectivity index (χ1v) is 5.57. The Morgan fingerprint density at radius 1 is 1.46 bits per heavy atom. The fraction of sp³-hybridized carbons (Fsp3) is 0.333. The van der Waals surface area contributed by atoms with Gasteiger partial charge >= 0.3 is 0 Å². The first-order valence-electron chi connectivity index (χ1n) is 3.85. The predicted octanol–water partition coefficient (Wildman–Crippen LogP) is 1.24. The highest BCUT2D eigenvalue weighted by Gasteiger charge is 1.99. The summed E-state index contributed by atoms with van der Waals surface area (Å²) in [5.41, 5.74) is 0.716. The maximum absolute atomic E-state index is 10.6. The van der Waals surface area contributed by atoms with Gasteiger partial charge in [-0.1, -0.05) is 18.2 Å². The topological polar surface area (TPSA) is 46.5 Å². The molecule has 0 saturated heterocycles. The average molecular weight is 200 g/mol. The van der Waals surface area contributed by atoms with Gasteiger partial charge in [0.2, 0.25) is 0 Å². The van der Waals surface area contributed by atoms with Crippen molar-refractivity contribution in [3.8, 4) is 5.75 Å². The molecule has 72 valence electrons. The van der Waals surface area contributed by atoms with Crippen molar-refractivity contribution in [3.63, 3.8) is 0 Å². The van der Waals surface area contributed by atoms with E-state index >= 15 is 0 Å². The molecule has 0 spiro atoms. The number of para-hydroxylation sites is 1. The fourth-order valence-corrected chi connectivity index (χ4v) is 1.22. The molecule has 1 N–H and O–H groups in total. The number of aromatic hydroxyl groups is 1. The van der Waals surface area contributed by atoms with Crippen molar-refractivity contribution in [2.45, 2.75) is 6.61 Å². The third-order valence-corrected chi connectivity index (χ3v) is 2.00. The quantitative estimate of drug-likeness (QED) is 0.795. The molecule has 0 heterocycles. The Labute approximate surface area is 79.8 Å². The van der Waals surface area contributed by atoms with Crippen LogP contribution in [0.25, 0.3) is 0 Å². The molecule has 0 fully saturated rings. The molecule has 0 aliphatic heterocycles. The molecule has 3 nitrogen and oxygen atoms in total. The van der Waals surface area contributed by atoms with Gasteiger partial charge in [-0.3, -0.25) is 4.21 Å². The summed E-state index contributed by atoms with van der Waals surface area (Å²) in [6.45, 7) is 0.298. The number of hydrogen-bond acceptors (Lipinski definition) is 3. The Bertz CT molecular complexity index is 299. The molecule has 0 aliphatic rings. The van der Waals surface area contributed by atoms with Crippen LogP contribution in [0.1, 0.15) is 5.56 Å². The van der Waals surface area contributed by atoms with E-state index in [2.05, 4.69) is 0 Å². The van der Waals surface area contributed by atoms with Gasteiger partial charge in [-0.15, -0.1) is 0 Å². The number of rotatable bonds is 4. The molecule has 4 heteroatoms. The van der Waals surface area contributed by atoms with E-state index < -0.39 is 10.8 Å². The molecular formula is C9H12O3S. The molecule has 1 aromatic rings. The van der Waals surface area contributed by atoms with Gasteiger partial charge < -0.3 is 9.84 Å². The van der Waals surface area contributed by atoms with Gasteiger partial charge in [0, 0.05) is 22.6 Å². The van der Waals surface area contributed by atoms with Gasteiger partial charge in [0.15, 0.2) is 0 Å². The van der Waals surface area contributed by atoms with Gasteiger partial charge in [0.05, 0.1) is 6.61 Å². The molecule has 1 aromatic carbocycles. The van der Waals surface area contributed by atoms with Gasteiger partial charge in [-0.2, -0.15) is 0 Å². The zero-order valence-electron chi connectivity index (χ0n) is 7.40. The lowest BCUT2D eigenvalue weighted by Gasteiger charge is -2.03. The fourth-order valence-electron chi connectivity index (χ4n) is 0.902. The number of phenolic OH excluding ortho intramolecular Hbond substituents is 1. The Kier molecular flexibility index (Phi) is 3.92.